The van der Waals surface area contributed by atoms with Crippen molar-refractivity contribution in [3.05, 3.63) is 33.1 Å². The largest absolute Gasteiger partial charge is 0.207 e. The Bertz CT molecular complexity index is 217. The van der Waals surface area contributed by atoms with Crippen molar-refractivity contribution in [3.8, 4) is 0 Å². The highest BCUT2D eigenvalue weighted by Gasteiger charge is 2.01. The molecule has 54 valence electrons. The van der Waals surface area contributed by atoms with Gasteiger partial charge >= 0.3 is 0 Å². The van der Waals surface area contributed by atoms with Crippen LogP contribution in [-0.2, 0) is 6.04 Å². The summed E-state index contributed by atoms with van der Waals surface area (Å²) in [5.41, 5.74) is 0.884. The molecule has 3 heteroatoms. The summed E-state index contributed by atoms with van der Waals surface area (Å²) in [5, 5.41) is 0. The highest BCUT2D eigenvalue weighted by Crippen LogP contribution is 2.14. The molecule has 0 aliphatic heterocycles. The van der Waals surface area contributed by atoms with Crippen LogP contribution in [0.1, 0.15) is 5.56 Å². The Morgan fingerprint density at radius 3 is 2.60 bits per heavy atom. The standard InChI is InChI=1S/C7H8FISi/c8-6-2-1-3-7(9)5(6)4-10/h1-3H,4H2,10H3. The molecule has 0 nitrogen and oxygen atoms in total. The number of halogens is 2. The summed E-state index contributed by atoms with van der Waals surface area (Å²) >= 11 is 2.17. The average molecular weight is 266 g/mol. The lowest BCUT2D eigenvalue weighted by atomic mass is 10.2. The fraction of sp³-hybridized carbons (Fsp3) is 0.143. The van der Waals surface area contributed by atoms with Crippen molar-refractivity contribution in [2.45, 2.75) is 6.04 Å². The van der Waals surface area contributed by atoms with E-state index in [-0.39, 0.29) is 5.82 Å². The normalized spacial score (nSPS) is 10.2. The van der Waals surface area contributed by atoms with Gasteiger partial charge in [0.2, 0.25) is 0 Å². The number of hydrogen-bond acceptors (Lipinski definition) is 0. The average Bonchev–Trinajstić information content (AvgIpc) is 1.88. The molecule has 1 aromatic rings. The summed E-state index contributed by atoms with van der Waals surface area (Å²) in [5.74, 6) is -0.0538. The molecular weight excluding hydrogens is 258 g/mol. The molecule has 0 unspecified atom stereocenters. The van der Waals surface area contributed by atoms with Crippen LogP contribution in [0, 0.1) is 9.39 Å². The number of hydrogen-bond donors (Lipinski definition) is 0. The molecule has 0 saturated carbocycles. The molecule has 1 rings (SSSR count). The molecule has 0 N–H and O–H groups in total. The van der Waals surface area contributed by atoms with Crippen molar-refractivity contribution >= 4 is 32.8 Å². The first-order chi connectivity index (χ1) is 4.75. The van der Waals surface area contributed by atoms with Crippen molar-refractivity contribution in [2.24, 2.45) is 0 Å². The van der Waals surface area contributed by atoms with Crippen LogP contribution in [0.4, 0.5) is 4.39 Å². The Morgan fingerprint density at radius 1 is 1.50 bits per heavy atom. The summed E-state index contributed by atoms with van der Waals surface area (Å²) in [6.45, 7) is 0. The predicted octanol–water partition coefficient (Wildman–Crippen LogP) is 1.30. The van der Waals surface area contributed by atoms with E-state index in [4.69, 9.17) is 0 Å². The Labute approximate surface area is 76.4 Å². The van der Waals surface area contributed by atoms with Crippen LogP contribution >= 0.6 is 22.6 Å². The van der Waals surface area contributed by atoms with E-state index in [9.17, 15) is 4.39 Å². The molecule has 1 aromatic carbocycles. The second kappa shape index (κ2) is 3.48. The van der Waals surface area contributed by atoms with E-state index in [2.05, 4.69) is 22.6 Å². The molecule has 0 amide bonds. The molecule has 0 atom stereocenters. The van der Waals surface area contributed by atoms with E-state index in [0.29, 0.717) is 0 Å². The van der Waals surface area contributed by atoms with E-state index < -0.39 is 0 Å². The third kappa shape index (κ3) is 1.57. The van der Waals surface area contributed by atoms with Crippen LogP contribution in [0.25, 0.3) is 0 Å². The lowest BCUT2D eigenvalue weighted by Crippen LogP contribution is -1.92. The fourth-order valence-electron chi connectivity index (χ4n) is 0.870. The molecule has 0 aromatic heterocycles. The highest BCUT2D eigenvalue weighted by molar-refractivity contribution is 14.1. The zero-order chi connectivity index (χ0) is 7.56. The SMILES string of the molecule is Fc1cccc(I)c1C[SiH3]. The maximum absolute atomic E-state index is 12.9. The smallest absolute Gasteiger partial charge is 0.127 e. The minimum absolute atomic E-state index is 0.0538. The van der Waals surface area contributed by atoms with Gasteiger partial charge in [-0.05, 0) is 46.3 Å². The van der Waals surface area contributed by atoms with Gasteiger partial charge in [0.1, 0.15) is 5.82 Å². The predicted molar refractivity (Wildman–Crippen MR) is 52.8 cm³/mol. The number of rotatable bonds is 1. The van der Waals surface area contributed by atoms with Gasteiger partial charge in [0.05, 0.1) is 0 Å². The van der Waals surface area contributed by atoms with Gasteiger partial charge in [0, 0.05) is 13.8 Å². The molecule has 0 bridgehead atoms. The fourth-order valence-corrected chi connectivity index (χ4v) is 3.16. The Hall–Kier alpha value is 0.0969. The van der Waals surface area contributed by atoms with Crippen LogP contribution in [0.5, 0.6) is 0 Å². The molecular formula is C7H8FISi. The van der Waals surface area contributed by atoms with Crippen LogP contribution in [0.2, 0.25) is 0 Å². The van der Waals surface area contributed by atoms with Gasteiger partial charge in [-0.2, -0.15) is 0 Å². The zero-order valence-electron chi connectivity index (χ0n) is 5.70. The molecule has 0 spiro atoms. The van der Waals surface area contributed by atoms with Crippen LogP contribution < -0.4 is 0 Å². The van der Waals surface area contributed by atoms with E-state index in [1.54, 1.807) is 6.07 Å². The lowest BCUT2D eigenvalue weighted by Gasteiger charge is -2.00. The first-order valence-corrected chi connectivity index (χ1v) is 5.68. The van der Waals surface area contributed by atoms with Gasteiger partial charge in [0.15, 0.2) is 0 Å². The third-order valence-corrected chi connectivity index (χ3v) is 3.13. The summed E-state index contributed by atoms with van der Waals surface area (Å²) in [6, 6.07) is 6.12. The van der Waals surface area contributed by atoms with Gasteiger partial charge in [0.25, 0.3) is 0 Å². The van der Waals surface area contributed by atoms with Gasteiger partial charge in [-0.3, -0.25) is 0 Å². The third-order valence-electron chi connectivity index (χ3n) is 1.42. The second-order valence-corrected chi connectivity index (χ2v) is 3.92. The Kier molecular flexibility index (Phi) is 2.85. The second-order valence-electron chi connectivity index (χ2n) is 2.05. The van der Waals surface area contributed by atoms with Gasteiger partial charge < -0.3 is 0 Å². The van der Waals surface area contributed by atoms with Gasteiger partial charge in [-0.25, -0.2) is 4.39 Å². The summed E-state index contributed by atoms with van der Waals surface area (Å²) in [7, 11) is 1.03. The van der Waals surface area contributed by atoms with E-state index in [1.807, 2.05) is 6.07 Å². The minimum Gasteiger partial charge on any atom is -0.207 e. The van der Waals surface area contributed by atoms with Crippen LogP contribution in [-0.4, -0.2) is 10.2 Å². The monoisotopic (exact) mass is 266 g/mol. The molecule has 0 aliphatic rings. The van der Waals surface area contributed by atoms with Crippen molar-refractivity contribution in [1.82, 2.24) is 0 Å². The van der Waals surface area contributed by atoms with Crippen molar-refractivity contribution in [3.63, 3.8) is 0 Å². The summed E-state index contributed by atoms with van der Waals surface area (Å²) in [6.07, 6.45) is 0. The van der Waals surface area contributed by atoms with Crippen molar-refractivity contribution in [1.29, 1.82) is 0 Å². The van der Waals surface area contributed by atoms with E-state index >= 15 is 0 Å². The summed E-state index contributed by atoms with van der Waals surface area (Å²) in [4.78, 5) is 0. The molecule has 0 heterocycles. The molecule has 0 fully saturated rings. The first-order valence-electron chi connectivity index (χ1n) is 3.18. The highest BCUT2D eigenvalue weighted by atomic mass is 127. The zero-order valence-corrected chi connectivity index (χ0v) is 9.85. The Balaban J connectivity index is 3.17. The van der Waals surface area contributed by atoms with Gasteiger partial charge in [-0.15, -0.1) is 0 Å². The maximum atomic E-state index is 12.9. The van der Waals surface area contributed by atoms with E-state index in [1.165, 1.54) is 6.07 Å². The van der Waals surface area contributed by atoms with Crippen LogP contribution in [0.15, 0.2) is 18.2 Å². The van der Waals surface area contributed by atoms with Gasteiger partial charge in [-0.1, -0.05) is 6.07 Å². The van der Waals surface area contributed by atoms with Crippen LogP contribution in [0.3, 0.4) is 0 Å². The first kappa shape index (κ1) is 8.20. The lowest BCUT2D eigenvalue weighted by molar-refractivity contribution is 0.615. The minimum atomic E-state index is -0.0538. The molecule has 0 saturated heterocycles. The van der Waals surface area contributed by atoms with Crippen molar-refractivity contribution < 1.29 is 4.39 Å². The molecule has 10 heavy (non-hydrogen) atoms. The van der Waals surface area contributed by atoms with E-state index in [0.717, 1.165) is 25.4 Å². The Morgan fingerprint density at radius 2 is 2.20 bits per heavy atom. The maximum Gasteiger partial charge on any atom is 0.127 e. The molecule has 0 aliphatic carbocycles. The summed E-state index contributed by atoms with van der Waals surface area (Å²) < 4.78 is 13.9. The van der Waals surface area contributed by atoms with Crippen molar-refractivity contribution in [2.75, 3.05) is 0 Å². The molecule has 0 radical (unpaired) electrons. The topological polar surface area (TPSA) is 0 Å². The quantitative estimate of drug-likeness (QED) is 0.531. The number of benzene rings is 1.